The first kappa shape index (κ1) is 18.3. The summed E-state index contributed by atoms with van der Waals surface area (Å²) in [4.78, 5) is 16.7. The van der Waals surface area contributed by atoms with Crippen LogP contribution in [0.1, 0.15) is 0 Å². The molecule has 0 unspecified atom stereocenters. The Balaban J connectivity index is 1.79. The second-order valence-corrected chi connectivity index (χ2v) is 6.98. The number of urea groups is 1. The summed E-state index contributed by atoms with van der Waals surface area (Å²) in [6.45, 7) is 0. The van der Waals surface area contributed by atoms with Crippen LogP contribution >= 0.6 is 27.3 Å². The van der Waals surface area contributed by atoms with Crippen molar-refractivity contribution in [3.8, 4) is 17.2 Å². The van der Waals surface area contributed by atoms with Gasteiger partial charge in [0.2, 0.25) is 5.75 Å². The van der Waals surface area contributed by atoms with E-state index in [-0.39, 0.29) is 0 Å². The van der Waals surface area contributed by atoms with E-state index in [2.05, 4.69) is 31.5 Å². The van der Waals surface area contributed by atoms with Crippen LogP contribution in [0.15, 0.2) is 34.8 Å². The highest BCUT2D eigenvalue weighted by atomic mass is 79.9. The third-order valence-corrected chi connectivity index (χ3v) is 5.09. The van der Waals surface area contributed by atoms with Gasteiger partial charge < -0.3 is 19.5 Å². The molecule has 0 aliphatic heterocycles. The molecule has 0 aliphatic carbocycles. The Morgan fingerprint density at radius 1 is 1.08 bits per heavy atom. The molecule has 3 rings (SSSR count). The molecule has 0 aliphatic rings. The molecular weight excluding hydrogens is 422 g/mol. The number of hydrogen-bond donors (Lipinski definition) is 2. The molecule has 0 saturated heterocycles. The molecule has 0 radical (unpaired) electrons. The van der Waals surface area contributed by atoms with E-state index in [4.69, 9.17) is 14.2 Å². The van der Waals surface area contributed by atoms with Crippen molar-refractivity contribution in [2.24, 2.45) is 0 Å². The number of methoxy groups -OCH3 is 3. The average Bonchev–Trinajstić information content (AvgIpc) is 3.04. The summed E-state index contributed by atoms with van der Waals surface area (Å²) in [5, 5.41) is 5.97. The van der Waals surface area contributed by atoms with Gasteiger partial charge in [0.15, 0.2) is 16.6 Å². The van der Waals surface area contributed by atoms with Crippen LogP contribution in [0.25, 0.3) is 10.2 Å². The first-order valence-corrected chi connectivity index (χ1v) is 9.09. The Bertz CT molecular complexity index is 935. The molecule has 26 heavy (non-hydrogen) atoms. The minimum absolute atomic E-state index is 0.422. The summed E-state index contributed by atoms with van der Waals surface area (Å²) < 4.78 is 17.7. The van der Waals surface area contributed by atoms with Crippen LogP contribution in [-0.4, -0.2) is 32.3 Å². The molecule has 3 aromatic rings. The Morgan fingerprint density at radius 2 is 1.77 bits per heavy atom. The lowest BCUT2D eigenvalue weighted by molar-refractivity contribution is 0.262. The van der Waals surface area contributed by atoms with Gasteiger partial charge in [-0.15, -0.1) is 0 Å². The summed E-state index contributed by atoms with van der Waals surface area (Å²) in [6, 6.07) is 8.65. The molecule has 2 N–H and O–H groups in total. The molecule has 2 aromatic carbocycles. The van der Waals surface area contributed by atoms with Crippen LogP contribution < -0.4 is 24.8 Å². The van der Waals surface area contributed by atoms with Crippen LogP contribution in [0.4, 0.5) is 15.6 Å². The fraction of sp³-hybridized carbons (Fsp3) is 0.176. The second kappa shape index (κ2) is 7.79. The second-order valence-electron chi connectivity index (χ2n) is 5.10. The van der Waals surface area contributed by atoms with Gasteiger partial charge in [0, 0.05) is 16.6 Å². The van der Waals surface area contributed by atoms with E-state index < -0.39 is 6.03 Å². The third-order valence-electron chi connectivity index (χ3n) is 3.51. The molecule has 136 valence electrons. The van der Waals surface area contributed by atoms with Gasteiger partial charge in [-0.1, -0.05) is 17.4 Å². The summed E-state index contributed by atoms with van der Waals surface area (Å²) in [5.74, 6) is 1.36. The number of para-hydroxylation sites is 1. The number of carbonyl (C=O) groups is 1. The largest absolute Gasteiger partial charge is 0.493 e. The molecule has 1 aromatic heterocycles. The number of fused-ring (bicyclic) bond motifs is 1. The first-order valence-electron chi connectivity index (χ1n) is 7.48. The predicted octanol–water partition coefficient (Wildman–Crippen LogP) is 4.73. The van der Waals surface area contributed by atoms with Crippen molar-refractivity contribution < 1.29 is 19.0 Å². The van der Waals surface area contributed by atoms with Crippen molar-refractivity contribution in [1.82, 2.24) is 4.98 Å². The van der Waals surface area contributed by atoms with E-state index in [0.29, 0.717) is 28.1 Å². The van der Waals surface area contributed by atoms with E-state index in [1.807, 2.05) is 18.2 Å². The number of nitrogens with zero attached hydrogens (tertiary/aromatic N) is 1. The Kier molecular flexibility index (Phi) is 5.48. The third kappa shape index (κ3) is 3.68. The Labute approximate surface area is 162 Å². The fourth-order valence-corrected chi connectivity index (χ4v) is 3.86. The quantitative estimate of drug-likeness (QED) is 0.602. The van der Waals surface area contributed by atoms with Crippen molar-refractivity contribution in [3.63, 3.8) is 0 Å². The van der Waals surface area contributed by atoms with Gasteiger partial charge in [-0.05, 0) is 28.1 Å². The zero-order valence-electron chi connectivity index (χ0n) is 14.3. The van der Waals surface area contributed by atoms with Gasteiger partial charge in [-0.2, -0.15) is 0 Å². The number of benzene rings is 2. The molecule has 0 bridgehead atoms. The number of amides is 2. The van der Waals surface area contributed by atoms with Crippen LogP contribution in [-0.2, 0) is 0 Å². The normalized spacial score (nSPS) is 10.5. The van der Waals surface area contributed by atoms with E-state index in [1.165, 1.54) is 32.7 Å². The molecule has 0 saturated carbocycles. The number of anilines is 2. The van der Waals surface area contributed by atoms with Gasteiger partial charge in [0.05, 0.1) is 37.2 Å². The highest BCUT2D eigenvalue weighted by molar-refractivity contribution is 9.10. The standard InChI is InChI=1S/C17H16BrN3O4S/c1-23-11-7-9(8-12(24-2)15(11)25-3)19-16(22)21-17-20-14-10(18)5-4-6-13(14)26-17/h4-8H,1-3H3,(H2,19,20,21,22). The van der Waals surface area contributed by atoms with Crippen molar-refractivity contribution in [1.29, 1.82) is 0 Å². The number of nitrogens with one attached hydrogen (secondary N) is 2. The fourth-order valence-electron chi connectivity index (χ4n) is 2.38. The first-order chi connectivity index (χ1) is 12.5. The van der Waals surface area contributed by atoms with Crippen LogP contribution in [0.2, 0.25) is 0 Å². The number of rotatable bonds is 5. The summed E-state index contributed by atoms with van der Waals surface area (Å²) >= 11 is 4.84. The summed E-state index contributed by atoms with van der Waals surface area (Å²) in [6.07, 6.45) is 0. The number of thiazole rings is 1. The van der Waals surface area contributed by atoms with E-state index in [9.17, 15) is 4.79 Å². The lowest BCUT2D eigenvalue weighted by Gasteiger charge is -2.14. The number of hydrogen-bond acceptors (Lipinski definition) is 6. The minimum atomic E-state index is -0.422. The molecule has 7 nitrogen and oxygen atoms in total. The zero-order valence-corrected chi connectivity index (χ0v) is 16.7. The van der Waals surface area contributed by atoms with E-state index in [1.54, 1.807) is 12.1 Å². The van der Waals surface area contributed by atoms with Gasteiger partial charge in [-0.3, -0.25) is 5.32 Å². The van der Waals surface area contributed by atoms with Crippen molar-refractivity contribution >= 4 is 54.3 Å². The summed E-state index contributed by atoms with van der Waals surface area (Å²) in [5.41, 5.74) is 1.31. The van der Waals surface area contributed by atoms with Crippen LogP contribution in [0.3, 0.4) is 0 Å². The van der Waals surface area contributed by atoms with Crippen LogP contribution in [0, 0.1) is 0 Å². The van der Waals surface area contributed by atoms with Gasteiger partial charge in [-0.25, -0.2) is 9.78 Å². The van der Waals surface area contributed by atoms with Crippen molar-refractivity contribution in [3.05, 3.63) is 34.8 Å². The van der Waals surface area contributed by atoms with Crippen LogP contribution in [0.5, 0.6) is 17.2 Å². The van der Waals surface area contributed by atoms with E-state index >= 15 is 0 Å². The smallest absolute Gasteiger partial charge is 0.325 e. The maximum atomic E-state index is 12.3. The number of halogens is 1. The summed E-state index contributed by atoms with van der Waals surface area (Å²) in [7, 11) is 4.55. The highest BCUT2D eigenvalue weighted by Gasteiger charge is 2.15. The Morgan fingerprint density at radius 3 is 2.35 bits per heavy atom. The molecular formula is C17H16BrN3O4S. The van der Waals surface area contributed by atoms with Gasteiger partial charge >= 0.3 is 6.03 Å². The highest BCUT2D eigenvalue weighted by Crippen LogP contribution is 2.40. The SMILES string of the molecule is COc1cc(NC(=O)Nc2nc3c(Br)cccc3s2)cc(OC)c1OC. The molecule has 9 heteroatoms. The molecule has 0 spiro atoms. The number of aromatic nitrogens is 1. The average molecular weight is 438 g/mol. The van der Waals surface area contributed by atoms with Gasteiger partial charge in [0.25, 0.3) is 0 Å². The molecule has 1 heterocycles. The maximum Gasteiger partial charge on any atom is 0.325 e. The molecule has 2 amide bonds. The zero-order chi connectivity index (χ0) is 18.7. The Hall–Kier alpha value is -2.52. The lowest BCUT2D eigenvalue weighted by Crippen LogP contribution is -2.19. The number of carbonyl (C=O) groups excluding carboxylic acids is 1. The molecule has 0 fully saturated rings. The minimum Gasteiger partial charge on any atom is -0.493 e. The topological polar surface area (TPSA) is 81.7 Å². The lowest BCUT2D eigenvalue weighted by atomic mass is 10.2. The van der Waals surface area contributed by atoms with Crippen molar-refractivity contribution in [2.75, 3.05) is 32.0 Å². The van der Waals surface area contributed by atoms with E-state index in [0.717, 1.165) is 14.7 Å². The maximum absolute atomic E-state index is 12.3. The number of ether oxygens (including phenoxy) is 3. The van der Waals surface area contributed by atoms with Gasteiger partial charge in [0.1, 0.15) is 0 Å². The monoisotopic (exact) mass is 437 g/mol. The predicted molar refractivity (Wildman–Crippen MR) is 106 cm³/mol. The molecule has 0 atom stereocenters. The van der Waals surface area contributed by atoms with Crippen molar-refractivity contribution in [2.45, 2.75) is 0 Å².